The summed E-state index contributed by atoms with van der Waals surface area (Å²) in [6, 6.07) is 4.36. The van der Waals surface area contributed by atoms with Crippen LogP contribution in [-0.2, 0) is 11.2 Å². The number of hydrogen-bond acceptors (Lipinski definition) is 2. The summed E-state index contributed by atoms with van der Waals surface area (Å²) >= 11 is 5.84. The molecule has 1 aromatic carbocycles. The van der Waals surface area contributed by atoms with Crippen molar-refractivity contribution >= 4 is 17.4 Å². The first-order chi connectivity index (χ1) is 8.57. The quantitative estimate of drug-likeness (QED) is 0.910. The number of rotatable bonds is 4. The van der Waals surface area contributed by atoms with E-state index >= 15 is 0 Å². The van der Waals surface area contributed by atoms with Crippen LogP contribution in [0.2, 0.25) is 5.02 Å². The van der Waals surface area contributed by atoms with Crippen LogP contribution < -0.4 is 5.32 Å². The van der Waals surface area contributed by atoms with Gasteiger partial charge in [-0.1, -0.05) is 18.5 Å². The molecule has 0 bridgehead atoms. The summed E-state index contributed by atoms with van der Waals surface area (Å²) in [7, 11) is 0. The van der Waals surface area contributed by atoms with Crippen LogP contribution >= 0.6 is 11.6 Å². The molecule has 98 valence electrons. The van der Waals surface area contributed by atoms with Gasteiger partial charge in [0.15, 0.2) is 0 Å². The predicted molar refractivity (Wildman–Crippen MR) is 70.3 cm³/mol. The van der Waals surface area contributed by atoms with Crippen LogP contribution in [0.1, 0.15) is 25.3 Å². The summed E-state index contributed by atoms with van der Waals surface area (Å²) in [6.07, 6.45) is 1.76. The van der Waals surface area contributed by atoms with E-state index in [9.17, 15) is 9.18 Å². The number of nitrogens with one attached hydrogen (secondary N) is 1. The minimum Gasteiger partial charge on any atom is -0.316 e. The highest BCUT2D eigenvalue weighted by molar-refractivity contribution is 6.30. The molecule has 1 aromatic rings. The molecule has 18 heavy (non-hydrogen) atoms. The zero-order chi connectivity index (χ0) is 13.2. The zero-order valence-corrected chi connectivity index (χ0v) is 11.2. The van der Waals surface area contributed by atoms with Gasteiger partial charge in [0, 0.05) is 23.4 Å². The maximum Gasteiger partial charge on any atom is 0.144 e. The summed E-state index contributed by atoms with van der Waals surface area (Å²) in [5.74, 6) is -0.249. The second kappa shape index (κ2) is 5.37. The first-order valence-electron chi connectivity index (χ1n) is 6.25. The Balaban J connectivity index is 2.18. The Hall–Kier alpha value is -0.930. The van der Waals surface area contributed by atoms with Gasteiger partial charge >= 0.3 is 0 Å². The van der Waals surface area contributed by atoms with Crippen LogP contribution in [0.15, 0.2) is 18.2 Å². The lowest BCUT2D eigenvalue weighted by molar-refractivity contribution is -0.127. The van der Waals surface area contributed by atoms with E-state index in [0.29, 0.717) is 17.1 Å². The van der Waals surface area contributed by atoms with Crippen molar-refractivity contribution in [1.29, 1.82) is 0 Å². The highest BCUT2D eigenvalue weighted by Crippen LogP contribution is 2.32. The van der Waals surface area contributed by atoms with Crippen molar-refractivity contribution in [2.24, 2.45) is 5.41 Å². The molecule has 4 heteroatoms. The SMILES string of the molecule is CCC1(C(=O)Cc2cc(Cl)ccc2F)CCNC1. The molecule has 1 fully saturated rings. The van der Waals surface area contributed by atoms with Gasteiger partial charge in [0.25, 0.3) is 0 Å². The molecule has 0 amide bonds. The highest BCUT2D eigenvalue weighted by Gasteiger charge is 2.38. The van der Waals surface area contributed by atoms with E-state index in [1.807, 2.05) is 6.92 Å². The fourth-order valence-corrected chi connectivity index (χ4v) is 2.71. The molecule has 0 saturated carbocycles. The monoisotopic (exact) mass is 269 g/mol. The minimum absolute atomic E-state index is 0.108. The highest BCUT2D eigenvalue weighted by atomic mass is 35.5. The Labute approximate surface area is 112 Å². The van der Waals surface area contributed by atoms with Gasteiger partial charge in [-0.15, -0.1) is 0 Å². The lowest BCUT2D eigenvalue weighted by Crippen LogP contribution is -2.34. The van der Waals surface area contributed by atoms with Gasteiger partial charge in [0.1, 0.15) is 11.6 Å². The number of carbonyl (C=O) groups excluding carboxylic acids is 1. The van der Waals surface area contributed by atoms with Crippen molar-refractivity contribution < 1.29 is 9.18 Å². The van der Waals surface area contributed by atoms with E-state index in [2.05, 4.69) is 5.32 Å². The molecule has 1 atom stereocenters. The molecular formula is C14H17ClFNO. The van der Waals surface area contributed by atoms with Crippen LogP contribution in [0.5, 0.6) is 0 Å². The van der Waals surface area contributed by atoms with E-state index < -0.39 is 0 Å². The third-order valence-electron chi connectivity index (χ3n) is 3.87. The molecule has 1 heterocycles. The smallest absolute Gasteiger partial charge is 0.144 e. The minimum atomic E-state index is -0.357. The lowest BCUT2D eigenvalue weighted by atomic mass is 9.78. The Kier molecular flexibility index (Phi) is 4.03. The molecule has 0 radical (unpaired) electrons. The summed E-state index contributed by atoms with van der Waals surface area (Å²) in [5.41, 5.74) is 0.0709. The predicted octanol–water partition coefficient (Wildman–Crippen LogP) is 2.98. The molecule has 1 N–H and O–H groups in total. The molecule has 1 saturated heterocycles. The van der Waals surface area contributed by atoms with Crippen molar-refractivity contribution in [2.75, 3.05) is 13.1 Å². The van der Waals surface area contributed by atoms with Gasteiger partial charge in [0.2, 0.25) is 0 Å². The molecular weight excluding hydrogens is 253 g/mol. The molecule has 1 aliphatic rings. The molecule has 1 aliphatic heterocycles. The number of Topliss-reactive ketones (excluding diaryl/α,β-unsaturated/α-hetero) is 1. The average Bonchev–Trinajstić information content (AvgIpc) is 2.84. The second-order valence-corrected chi connectivity index (χ2v) is 5.33. The first-order valence-corrected chi connectivity index (χ1v) is 6.63. The topological polar surface area (TPSA) is 29.1 Å². The average molecular weight is 270 g/mol. The second-order valence-electron chi connectivity index (χ2n) is 4.90. The Bertz CT molecular complexity index is 455. The van der Waals surface area contributed by atoms with Crippen molar-refractivity contribution in [2.45, 2.75) is 26.2 Å². The summed E-state index contributed by atoms with van der Waals surface area (Å²) in [4.78, 5) is 12.4. The van der Waals surface area contributed by atoms with Gasteiger partial charge < -0.3 is 5.32 Å². The molecule has 2 rings (SSSR count). The lowest BCUT2D eigenvalue weighted by Gasteiger charge is -2.25. The third-order valence-corrected chi connectivity index (χ3v) is 4.11. The van der Waals surface area contributed by atoms with E-state index in [1.54, 1.807) is 6.07 Å². The van der Waals surface area contributed by atoms with Crippen molar-refractivity contribution in [3.8, 4) is 0 Å². The van der Waals surface area contributed by atoms with Crippen LogP contribution in [0.3, 0.4) is 0 Å². The van der Waals surface area contributed by atoms with Gasteiger partial charge in [-0.25, -0.2) is 4.39 Å². The number of benzene rings is 1. The van der Waals surface area contributed by atoms with Crippen molar-refractivity contribution in [1.82, 2.24) is 5.32 Å². The zero-order valence-electron chi connectivity index (χ0n) is 10.4. The van der Waals surface area contributed by atoms with Crippen molar-refractivity contribution in [3.05, 3.63) is 34.6 Å². The number of ketones is 1. The Morgan fingerprint density at radius 3 is 2.94 bits per heavy atom. The fourth-order valence-electron chi connectivity index (χ4n) is 2.52. The number of hydrogen-bond donors (Lipinski definition) is 1. The molecule has 2 nitrogen and oxygen atoms in total. The van der Waals surface area contributed by atoms with Crippen LogP contribution in [-0.4, -0.2) is 18.9 Å². The standard InChI is InChI=1S/C14H17ClFNO/c1-2-14(5-6-17-9-14)13(18)8-10-7-11(15)3-4-12(10)16/h3-4,7,17H,2,5-6,8-9H2,1H3. The van der Waals surface area contributed by atoms with E-state index in [1.165, 1.54) is 12.1 Å². The largest absolute Gasteiger partial charge is 0.316 e. The molecule has 0 aromatic heterocycles. The van der Waals surface area contributed by atoms with Gasteiger partial charge in [-0.2, -0.15) is 0 Å². The van der Waals surface area contributed by atoms with Crippen LogP contribution in [0.25, 0.3) is 0 Å². The van der Waals surface area contributed by atoms with E-state index in [0.717, 1.165) is 19.4 Å². The maximum atomic E-state index is 13.6. The van der Waals surface area contributed by atoms with E-state index in [4.69, 9.17) is 11.6 Å². The Morgan fingerprint density at radius 1 is 1.56 bits per heavy atom. The normalized spacial score (nSPS) is 23.3. The van der Waals surface area contributed by atoms with Crippen molar-refractivity contribution in [3.63, 3.8) is 0 Å². The number of carbonyl (C=O) groups is 1. The Morgan fingerprint density at radius 2 is 2.33 bits per heavy atom. The summed E-state index contributed by atoms with van der Waals surface area (Å²) in [6.45, 7) is 3.57. The van der Waals surface area contributed by atoms with Crippen LogP contribution in [0.4, 0.5) is 4.39 Å². The van der Waals surface area contributed by atoms with E-state index in [-0.39, 0.29) is 23.4 Å². The third kappa shape index (κ3) is 2.57. The fraction of sp³-hybridized carbons (Fsp3) is 0.500. The van der Waals surface area contributed by atoms with Gasteiger partial charge in [-0.3, -0.25) is 4.79 Å². The molecule has 0 aliphatic carbocycles. The van der Waals surface area contributed by atoms with Gasteiger partial charge in [-0.05, 0) is 43.1 Å². The first kappa shape index (κ1) is 13.5. The molecule has 1 unspecified atom stereocenters. The number of halogens is 2. The van der Waals surface area contributed by atoms with Gasteiger partial charge in [0.05, 0.1) is 0 Å². The summed E-state index contributed by atoms with van der Waals surface area (Å²) < 4.78 is 13.6. The maximum absolute atomic E-state index is 13.6. The van der Waals surface area contributed by atoms with Crippen LogP contribution in [0, 0.1) is 11.2 Å². The summed E-state index contributed by atoms with van der Waals surface area (Å²) in [5, 5.41) is 3.68. The molecule has 0 spiro atoms.